The van der Waals surface area contributed by atoms with E-state index in [0.29, 0.717) is 23.9 Å². The van der Waals surface area contributed by atoms with Crippen molar-refractivity contribution in [2.75, 3.05) is 14.2 Å². The molecule has 0 bridgehead atoms. The molecule has 0 saturated heterocycles. The predicted octanol–water partition coefficient (Wildman–Crippen LogP) is 3.30. The Kier molecular flexibility index (Phi) is 3.98. The Morgan fingerprint density at radius 3 is 2.62 bits per heavy atom. The van der Waals surface area contributed by atoms with E-state index < -0.39 is 0 Å². The van der Waals surface area contributed by atoms with Crippen LogP contribution in [0.5, 0.6) is 11.5 Å². The van der Waals surface area contributed by atoms with Crippen molar-refractivity contribution in [2.45, 2.75) is 12.4 Å². The van der Waals surface area contributed by atoms with Crippen molar-refractivity contribution >= 4 is 34.0 Å². The molecule has 0 aliphatic rings. The highest BCUT2D eigenvalue weighted by Crippen LogP contribution is 2.33. The van der Waals surface area contributed by atoms with Gasteiger partial charge in [0, 0.05) is 17.5 Å². The zero-order valence-electron chi connectivity index (χ0n) is 11.7. The highest BCUT2D eigenvalue weighted by atomic mass is 35.5. The summed E-state index contributed by atoms with van der Waals surface area (Å²) in [6, 6.07) is 3.78. The number of alkyl halides is 1. The number of ether oxygens (including phenoxy) is 2. The van der Waals surface area contributed by atoms with Gasteiger partial charge in [0.1, 0.15) is 5.82 Å². The van der Waals surface area contributed by atoms with Crippen LogP contribution in [-0.2, 0) is 12.4 Å². The molecule has 7 heteroatoms. The van der Waals surface area contributed by atoms with Crippen molar-refractivity contribution in [2.24, 2.45) is 0 Å². The standard InChI is InChI=1S/C14H14ClN3O2S/c1-19-12-3-10-11(4-13(12)20-2)18(14(5-15)17-10)6-9-7-21-8-16-9/h3-4,7-8H,5-6H2,1-2H3. The summed E-state index contributed by atoms with van der Waals surface area (Å²) in [6.45, 7) is 0.636. The fraction of sp³-hybridized carbons (Fsp3) is 0.286. The highest BCUT2D eigenvalue weighted by molar-refractivity contribution is 7.07. The first-order valence-corrected chi connectivity index (χ1v) is 7.78. The van der Waals surface area contributed by atoms with Crippen molar-refractivity contribution < 1.29 is 9.47 Å². The van der Waals surface area contributed by atoms with Crippen LogP contribution >= 0.6 is 22.9 Å². The number of benzene rings is 1. The third kappa shape index (κ3) is 2.56. The summed E-state index contributed by atoms with van der Waals surface area (Å²) in [6.07, 6.45) is 0. The summed E-state index contributed by atoms with van der Waals surface area (Å²) in [5.41, 5.74) is 4.59. The summed E-state index contributed by atoms with van der Waals surface area (Å²) in [5, 5.41) is 2.02. The maximum atomic E-state index is 6.03. The molecule has 1 aromatic carbocycles. The van der Waals surface area contributed by atoms with Gasteiger partial charge < -0.3 is 14.0 Å². The molecular formula is C14H14ClN3O2S. The fourth-order valence-corrected chi connectivity index (χ4v) is 3.01. The maximum Gasteiger partial charge on any atom is 0.163 e. The molecule has 2 aromatic heterocycles. The van der Waals surface area contributed by atoms with Gasteiger partial charge in [-0.3, -0.25) is 0 Å². The molecule has 0 amide bonds. The van der Waals surface area contributed by atoms with Gasteiger partial charge in [0.15, 0.2) is 11.5 Å². The van der Waals surface area contributed by atoms with Gasteiger partial charge in [-0.25, -0.2) is 9.97 Å². The number of hydrogen-bond donors (Lipinski definition) is 0. The van der Waals surface area contributed by atoms with Crippen LogP contribution in [0.3, 0.4) is 0 Å². The zero-order valence-corrected chi connectivity index (χ0v) is 13.2. The molecule has 0 fully saturated rings. The molecule has 0 radical (unpaired) electrons. The lowest BCUT2D eigenvalue weighted by atomic mass is 10.2. The van der Waals surface area contributed by atoms with E-state index in [-0.39, 0.29) is 0 Å². The Balaban J connectivity index is 2.16. The van der Waals surface area contributed by atoms with Crippen molar-refractivity contribution in [1.82, 2.24) is 14.5 Å². The molecule has 2 heterocycles. The average Bonchev–Trinajstić information content (AvgIpc) is 3.14. The first-order chi connectivity index (χ1) is 10.3. The minimum atomic E-state index is 0.337. The molecule has 3 aromatic rings. The van der Waals surface area contributed by atoms with E-state index in [1.54, 1.807) is 25.6 Å². The molecule has 0 unspecified atom stereocenters. The average molecular weight is 324 g/mol. The van der Waals surface area contributed by atoms with Crippen LogP contribution in [0.4, 0.5) is 0 Å². The van der Waals surface area contributed by atoms with E-state index in [1.807, 2.05) is 23.0 Å². The van der Waals surface area contributed by atoms with E-state index in [9.17, 15) is 0 Å². The number of halogens is 1. The van der Waals surface area contributed by atoms with Crippen molar-refractivity contribution in [3.05, 3.63) is 34.5 Å². The Labute approximate surface area is 131 Å². The number of hydrogen-bond acceptors (Lipinski definition) is 5. The largest absolute Gasteiger partial charge is 0.493 e. The summed E-state index contributed by atoms with van der Waals surface area (Å²) < 4.78 is 12.7. The molecule has 0 atom stereocenters. The number of imidazole rings is 1. The lowest BCUT2D eigenvalue weighted by Gasteiger charge is -2.09. The molecule has 3 rings (SSSR count). The van der Waals surface area contributed by atoms with Crippen LogP contribution in [0.25, 0.3) is 11.0 Å². The smallest absolute Gasteiger partial charge is 0.163 e. The molecule has 5 nitrogen and oxygen atoms in total. The number of nitrogens with zero attached hydrogens (tertiary/aromatic N) is 3. The van der Waals surface area contributed by atoms with Crippen LogP contribution in [0.2, 0.25) is 0 Å². The van der Waals surface area contributed by atoms with E-state index in [0.717, 1.165) is 22.6 Å². The minimum Gasteiger partial charge on any atom is -0.493 e. The topological polar surface area (TPSA) is 49.2 Å². The SMILES string of the molecule is COc1cc2nc(CCl)n(Cc3cscn3)c2cc1OC. The monoisotopic (exact) mass is 323 g/mol. The van der Waals surface area contributed by atoms with Gasteiger partial charge in [0.2, 0.25) is 0 Å². The maximum absolute atomic E-state index is 6.03. The van der Waals surface area contributed by atoms with E-state index in [1.165, 1.54) is 0 Å². The summed E-state index contributed by atoms with van der Waals surface area (Å²) in [7, 11) is 3.23. The fourth-order valence-electron chi connectivity index (χ4n) is 2.26. The third-order valence-corrected chi connectivity index (χ3v) is 4.13. The van der Waals surface area contributed by atoms with Crippen LogP contribution in [0, 0.1) is 0 Å². The quantitative estimate of drug-likeness (QED) is 0.676. The van der Waals surface area contributed by atoms with Crippen LogP contribution < -0.4 is 9.47 Å². The first kappa shape index (κ1) is 14.2. The zero-order chi connectivity index (χ0) is 14.8. The number of rotatable bonds is 5. The number of fused-ring (bicyclic) bond motifs is 1. The van der Waals surface area contributed by atoms with Gasteiger partial charge in [-0.15, -0.1) is 22.9 Å². The van der Waals surface area contributed by atoms with Gasteiger partial charge in [-0.1, -0.05) is 0 Å². The number of aromatic nitrogens is 3. The molecule has 0 aliphatic heterocycles. The Hall–Kier alpha value is -1.79. The van der Waals surface area contributed by atoms with Crippen LogP contribution in [0.15, 0.2) is 23.0 Å². The highest BCUT2D eigenvalue weighted by Gasteiger charge is 2.15. The first-order valence-electron chi connectivity index (χ1n) is 6.31. The summed E-state index contributed by atoms with van der Waals surface area (Å²) >= 11 is 7.60. The van der Waals surface area contributed by atoms with E-state index in [4.69, 9.17) is 21.1 Å². The molecule has 0 aliphatic carbocycles. The normalized spacial score (nSPS) is 11.0. The Bertz CT molecular complexity index is 755. The van der Waals surface area contributed by atoms with E-state index in [2.05, 4.69) is 14.5 Å². The van der Waals surface area contributed by atoms with Crippen molar-refractivity contribution in [3.8, 4) is 11.5 Å². The summed E-state index contributed by atoms with van der Waals surface area (Å²) in [4.78, 5) is 8.89. The molecule has 21 heavy (non-hydrogen) atoms. The van der Waals surface area contributed by atoms with Gasteiger partial charge >= 0.3 is 0 Å². The molecule has 0 N–H and O–H groups in total. The van der Waals surface area contributed by atoms with Gasteiger partial charge in [-0.05, 0) is 0 Å². The summed E-state index contributed by atoms with van der Waals surface area (Å²) in [5.74, 6) is 2.47. The molecule has 0 spiro atoms. The van der Waals surface area contributed by atoms with Crippen LogP contribution in [0.1, 0.15) is 11.5 Å². The lowest BCUT2D eigenvalue weighted by Crippen LogP contribution is -2.04. The van der Waals surface area contributed by atoms with Crippen molar-refractivity contribution in [3.63, 3.8) is 0 Å². The van der Waals surface area contributed by atoms with Crippen LogP contribution in [-0.4, -0.2) is 28.8 Å². The second kappa shape index (κ2) is 5.91. The third-order valence-electron chi connectivity index (χ3n) is 3.26. The van der Waals surface area contributed by atoms with Crippen molar-refractivity contribution in [1.29, 1.82) is 0 Å². The van der Waals surface area contributed by atoms with Gasteiger partial charge in [0.05, 0.1) is 48.9 Å². The van der Waals surface area contributed by atoms with Gasteiger partial charge in [-0.2, -0.15) is 0 Å². The molecule has 0 saturated carbocycles. The molecular weight excluding hydrogens is 310 g/mol. The second-order valence-corrected chi connectivity index (χ2v) is 5.41. The van der Waals surface area contributed by atoms with E-state index >= 15 is 0 Å². The number of thiazole rings is 1. The Morgan fingerprint density at radius 2 is 2.00 bits per heavy atom. The predicted molar refractivity (Wildman–Crippen MR) is 83.6 cm³/mol. The minimum absolute atomic E-state index is 0.337. The second-order valence-electron chi connectivity index (χ2n) is 4.42. The molecule has 110 valence electrons. The lowest BCUT2D eigenvalue weighted by molar-refractivity contribution is 0.355. The van der Waals surface area contributed by atoms with Gasteiger partial charge in [0.25, 0.3) is 0 Å². The Morgan fingerprint density at radius 1 is 1.24 bits per heavy atom. The number of methoxy groups -OCH3 is 2.